The Morgan fingerprint density at radius 1 is 0.477 bits per heavy atom. The summed E-state index contributed by atoms with van der Waals surface area (Å²) in [5.41, 5.74) is 13.4. The van der Waals surface area contributed by atoms with E-state index in [2.05, 4.69) is 396 Å². The van der Waals surface area contributed by atoms with E-state index < -0.39 is 32.1 Å². The average molecular weight is 2150 g/mol. The SMILES string of the molecule is CC(C)(C)c1cc(Oc2[c-]c3c(cc2)c2ccccc2n3-c2cc(C(C)(C)C)ccn2)[c-]c(-n2[c-][n+](-c3cc(C(C)(C)C)cc(C(C)(C)C)c3)cc2)c1.CC(C)(C)c1cc(Oc2ccc3c4ccccc4n(-c4cc(C(C)(C)C)ccn4)c3c2)cc(-n2cc[n+](-c3cc(C(C)(C)C)cc(C(C)(C)C)c3)c2)c1.N#Cc1ccccc1.O=S(=O)([O-])C(F)(F)F.[2H][C-]=O.[Cl][Pt][Cl].[Pt]. The molecule has 0 saturated carbocycles. The molecule has 0 atom stereocenters. The number of rotatable bonds is 10. The number of pyridine rings is 2. The fourth-order valence-electron chi connectivity index (χ4n) is 14.1. The van der Waals surface area contributed by atoms with E-state index in [0.717, 1.165) is 91.1 Å². The molecule has 0 amide bonds. The Morgan fingerprint density at radius 2 is 0.914 bits per heavy atom. The van der Waals surface area contributed by atoms with Crippen molar-refractivity contribution in [2.24, 2.45) is 0 Å². The van der Waals surface area contributed by atoms with Gasteiger partial charge in [0.15, 0.2) is 10.1 Å². The Bertz CT molecular complexity index is 6230. The molecule has 15 aromatic rings. The molecule has 0 saturated heterocycles. The Balaban J connectivity index is 0.000000234. The average Bonchev–Trinajstić information content (AvgIpc) is 1.60. The van der Waals surface area contributed by atoms with Crippen LogP contribution in [0.15, 0.2) is 244 Å². The second kappa shape index (κ2) is 40.0. The number of para-hydroxylation sites is 2. The Labute approximate surface area is 785 Å². The number of imidazole rings is 2. The van der Waals surface area contributed by atoms with Gasteiger partial charge in [-0.25, -0.2) is 27.5 Å². The van der Waals surface area contributed by atoms with Crippen LogP contribution in [0.2, 0.25) is 0 Å². The summed E-state index contributed by atoms with van der Waals surface area (Å²) in [6.07, 6.45) is 18.0. The van der Waals surface area contributed by atoms with E-state index in [9.17, 15) is 13.2 Å². The van der Waals surface area contributed by atoms with Gasteiger partial charge in [0.2, 0.25) is 0 Å². The van der Waals surface area contributed by atoms with Crippen molar-refractivity contribution in [2.45, 2.75) is 215 Å². The largest absolute Gasteiger partial charge is 0 e. The monoisotopic (exact) mass is 2150 g/mol. The molecule has 0 fully saturated rings. The molecule has 128 heavy (non-hydrogen) atoms. The summed E-state index contributed by atoms with van der Waals surface area (Å²) in [5, 5.41) is 12.9. The van der Waals surface area contributed by atoms with E-state index in [1.165, 1.54) is 49.7 Å². The number of aromatic nitrogens is 8. The van der Waals surface area contributed by atoms with Gasteiger partial charge < -0.3 is 28.0 Å². The van der Waals surface area contributed by atoms with Gasteiger partial charge in [-0.3, -0.25) is 15.9 Å². The van der Waals surface area contributed by atoms with Crippen LogP contribution in [-0.4, -0.2) is 53.5 Å². The summed E-state index contributed by atoms with van der Waals surface area (Å²) < 4.78 is 90.7. The Kier molecular flexibility index (Phi) is 31.2. The molecule has 0 aliphatic heterocycles. The minimum absolute atomic E-state index is 0. The van der Waals surface area contributed by atoms with Gasteiger partial charge in [-0.2, -0.15) is 37.5 Å². The van der Waals surface area contributed by atoms with Crippen molar-refractivity contribution in [1.29, 1.82) is 5.26 Å². The van der Waals surface area contributed by atoms with E-state index in [0.29, 0.717) is 17.1 Å². The number of fused-ring (bicyclic) bond motifs is 6. The number of halogens is 5. The standard InChI is InChI=1S/C48H55N4O.C48H52N4O.C7H5N.CHF3O3S.CHO.2ClH.2Pt/c2*1-45(2,3)32-19-20-49-44(28-32)52-42-16-14-13-15-40(42)41-18-17-38(30-43(41)52)53-39-27-35(48(10,11)12)26-37(29-39)51-22-21-50(31-51)36-24-33(46(4,5)6)23-34(25-36)47(7,8)9;8-6-7-4-2-1-3-5-7;2-1(3,4)8(5,6)7;1-2;;;;/h13-31H,1-12H3;13-28H,1-12H3;1-5H;(H,5,6,7);1H;2*1H;;/q+1;-2;;;-1;;;;+2/p-3/i;;;;1D;;;;. The van der Waals surface area contributed by atoms with Gasteiger partial charge in [0.1, 0.15) is 46.9 Å². The Morgan fingerprint density at radius 3 is 1.40 bits per heavy atom. The van der Waals surface area contributed by atoms with Gasteiger partial charge in [0, 0.05) is 85.8 Å². The minimum Gasteiger partial charge on any atom is 0 e. The first-order chi connectivity index (χ1) is 59.5. The van der Waals surface area contributed by atoms with Crippen molar-refractivity contribution >= 4 is 79.3 Å². The van der Waals surface area contributed by atoms with Crippen LogP contribution in [0, 0.1) is 29.8 Å². The molecule has 0 aliphatic carbocycles. The van der Waals surface area contributed by atoms with Crippen LogP contribution >= 0.6 is 18.8 Å². The fraction of sp³-hybridized carbons (Fsp3) is 0.314. The maximum absolute atomic E-state index is 10.7. The molecule has 6 aromatic heterocycles. The summed E-state index contributed by atoms with van der Waals surface area (Å²) >= 11 is -0.472. The summed E-state index contributed by atoms with van der Waals surface area (Å²) in [5.74, 6) is 4.58. The number of hydrogen-bond acceptors (Lipinski definition) is 9. The van der Waals surface area contributed by atoms with Crippen molar-refractivity contribution < 1.29 is 88.5 Å². The van der Waals surface area contributed by atoms with Crippen LogP contribution in [0.1, 0.15) is 218 Å². The fourth-order valence-corrected chi connectivity index (χ4v) is 14.1. The molecule has 15 rings (SSSR count). The summed E-state index contributed by atoms with van der Waals surface area (Å²) in [7, 11) is 3.66. The van der Waals surface area contributed by atoms with Gasteiger partial charge in [-0.1, -0.05) is 238 Å². The maximum atomic E-state index is 10.7. The number of carbonyl (C=O) groups excluding carboxylic acids is 1. The van der Waals surface area contributed by atoms with Crippen LogP contribution < -0.4 is 18.6 Å². The smallest absolute Gasteiger partial charge is 0 e. The molecule has 0 radical (unpaired) electrons. The zero-order chi connectivity index (χ0) is 94.4. The third-order valence-electron chi connectivity index (χ3n) is 21.6. The summed E-state index contributed by atoms with van der Waals surface area (Å²) in [4.78, 5) is 18.1. The van der Waals surface area contributed by atoms with Gasteiger partial charge in [0.25, 0.3) is 12.7 Å². The number of hydrogen-bond donors (Lipinski definition) is 0. The van der Waals surface area contributed by atoms with E-state index in [4.69, 9.17) is 62.7 Å². The third kappa shape index (κ3) is 25.0. The van der Waals surface area contributed by atoms with Crippen molar-refractivity contribution in [1.82, 2.24) is 28.2 Å². The van der Waals surface area contributed by atoms with Crippen LogP contribution in [0.3, 0.4) is 0 Å². The van der Waals surface area contributed by atoms with Crippen LogP contribution in [0.25, 0.3) is 78.0 Å². The molecule has 9 aromatic carbocycles. The van der Waals surface area contributed by atoms with Gasteiger partial charge in [-0.15, -0.1) is 29.7 Å². The number of alkyl halides is 3. The number of nitrogens with zero attached hydrogens (tertiary/aromatic N) is 9. The topological polar surface area (TPSA) is 170 Å². The van der Waals surface area contributed by atoms with Crippen molar-refractivity contribution in [3.05, 3.63) is 312 Å². The minimum atomic E-state index is -6.09. The van der Waals surface area contributed by atoms with Crippen LogP contribution in [0.5, 0.6) is 23.0 Å². The zero-order valence-electron chi connectivity index (χ0n) is 78.0. The molecule has 0 aliphatic rings. The third-order valence-corrected chi connectivity index (χ3v) is 22.2. The van der Waals surface area contributed by atoms with E-state index in [1.54, 1.807) is 12.1 Å². The molecule has 678 valence electrons. The van der Waals surface area contributed by atoms with Gasteiger partial charge in [0.05, 0.1) is 28.4 Å². The normalized spacial score (nSPS) is 12.3. The number of ether oxygens (including phenoxy) is 2. The number of benzene rings is 9. The van der Waals surface area contributed by atoms with E-state index in [1.807, 2.05) is 53.5 Å². The maximum Gasteiger partial charge on any atom is 0 e. The first-order valence-corrected chi connectivity index (χ1v) is 48.6. The van der Waals surface area contributed by atoms with Gasteiger partial charge >= 0.3 is 40.8 Å². The second-order valence-corrected chi connectivity index (χ2v) is 44.3. The van der Waals surface area contributed by atoms with E-state index in [-0.39, 0.29) is 64.4 Å². The molecular formula is C105H113Cl2F3N9O6Pt2S-3. The Hall–Kier alpha value is -10.3. The van der Waals surface area contributed by atoms with Gasteiger partial charge in [-0.05, 0) is 190 Å². The molecule has 23 heteroatoms. The number of nitriles is 1. The predicted octanol–water partition coefficient (Wildman–Crippen LogP) is 26.6. The quantitative estimate of drug-likeness (QED) is 0.0425. The van der Waals surface area contributed by atoms with E-state index >= 15 is 0 Å². The van der Waals surface area contributed by atoms with Crippen molar-refractivity contribution in [2.75, 3.05) is 0 Å². The second-order valence-electron chi connectivity index (χ2n) is 39.6. The first kappa shape index (κ1) is 99.9. The zero-order valence-corrected chi connectivity index (χ0v) is 83.9. The molecule has 0 N–H and O–H groups in total. The summed E-state index contributed by atoms with van der Waals surface area (Å²) in [6, 6.07) is 79.3. The van der Waals surface area contributed by atoms with Crippen molar-refractivity contribution in [3.63, 3.8) is 0 Å². The van der Waals surface area contributed by atoms with Crippen LogP contribution in [-0.2, 0) is 95.8 Å². The molecule has 0 bridgehead atoms. The predicted molar refractivity (Wildman–Crippen MR) is 503 cm³/mol. The molecule has 0 unspecified atom stereocenters. The molecule has 0 spiro atoms. The molecular weight excluding hydrogens is 2030 g/mol. The summed E-state index contributed by atoms with van der Waals surface area (Å²) in [6.45, 7) is 54.9. The van der Waals surface area contributed by atoms with Crippen molar-refractivity contribution in [3.8, 4) is 63.5 Å². The molecule has 6 heterocycles. The van der Waals surface area contributed by atoms with Crippen LogP contribution in [0.4, 0.5) is 13.2 Å². The molecule has 15 nitrogen and oxygen atoms in total. The first-order valence-electron chi connectivity index (χ1n) is 42.1.